The van der Waals surface area contributed by atoms with E-state index in [2.05, 4.69) is 38.9 Å². The van der Waals surface area contributed by atoms with E-state index in [-0.39, 0.29) is 0 Å². The van der Waals surface area contributed by atoms with Gasteiger partial charge >= 0.3 is 0 Å². The van der Waals surface area contributed by atoms with Crippen LogP contribution in [0.15, 0.2) is 42.9 Å². The molecule has 4 heteroatoms. The Bertz CT molecular complexity index is 716. The summed E-state index contributed by atoms with van der Waals surface area (Å²) in [7, 11) is 0. The minimum Gasteiger partial charge on any atom is -0.348 e. The number of aromatic amines is 1. The Kier molecular flexibility index (Phi) is 3.03. The molecular formula is C15H14N4. The Hall–Kier alpha value is -2.54. The van der Waals surface area contributed by atoms with Gasteiger partial charge in [0, 0.05) is 42.5 Å². The minimum absolute atomic E-state index is 0.527. The van der Waals surface area contributed by atoms with Crippen LogP contribution in [-0.2, 0) is 13.0 Å². The number of imidazole rings is 1. The zero-order valence-corrected chi connectivity index (χ0v) is 10.5. The molecule has 0 radical (unpaired) electrons. The van der Waals surface area contributed by atoms with Crippen LogP contribution >= 0.6 is 0 Å². The lowest BCUT2D eigenvalue weighted by atomic mass is 10.1. The quantitative estimate of drug-likeness (QED) is 0.774. The van der Waals surface area contributed by atoms with Crippen molar-refractivity contribution in [3.8, 4) is 6.07 Å². The number of H-pyrrole nitrogens is 1. The molecular weight excluding hydrogens is 236 g/mol. The van der Waals surface area contributed by atoms with Crippen molar-refractivity contribution in [3.63, 3.8) is 0 Å². The molecule has 0 unspecified atom stereocenters. The number of para-hydroxylation sites is 1. The molecule has 0 fully saturated rings. The summed E-state index contributed by atoms with van der Waals surface area (Å²) < 4.78 is 2.15. The van der Waals surface area contributed by atoms with Gasteiger partial charge in [0.25, 0.3) is 0 Å². The Morgan fingerprint density at radius 3 is 3.00 bits per heavy atom. The van der Waals surface area contributed by atoms with E-state index in [9.17, 15) is 0 Å². The fourth-order valence-corrected chi connectivity index (χ4v) is 2.39. The van der Waals surface area contributed by atoms with Gasteiger partial charge in [-0.15, -0.1) is 0 Å². The SMILES string of the molecule is N#CCCn1cc(Cc2ncc[nH]2)c2ccccc21. The van der Waals surface area contributed by atoms with Crippen LogP contribution < -0.4 is 0 Å². The van der Waals surface area contributed by atoms with Crippen molar-refractivity contribution in [1.29, 1.82) is 5.26 Å². The van der Waals surface area contributed by atoms with E-state index in [1.54, 1.807) is 6.20 Å². The molecule has 0 atom stereocenters. The molecule has 0 aliphatic rings. The fraction of sp³-hybridized carbons (Fsp3) is 0.200. The number of hydrogen-bond donors (Lipinski definition) is 1. The lowest BCUT2D eigenvalue weighted by molar-refractivity contribution is 0.741. The van der Waals surface area contributed by atoms with Gasteiger partial charge < -0.3 is 9.55 Å². The van der Waals surface area contributed by atoms with Crippen molar-refractivity contribution < 1.29 is 0 Å². The van der Waals surface area contributed by atoms with E-state index < -0.39 is 0 Å². The Labute approximate surface area is 111 Å². The van der Waals surface area contributed by atoms with Crippen molar-refractivity contribution >= 4 is 10.9 Å². The summed E-state index contributed by atoms with van der Waals surface area (Å²) >= 11 is 0. The predicted octanol–water partition coefficient (Wildman–Crippen LogP) is 2.87. The van der Waals surface area contributed by atoms with Crippen LogP contribution in [0.3, 0.4) is 0 Å². The van der Waals surface area contributed by atoms with Gasteiger partial charge in [-0.3, -0.25) is 0 Å². The summed E-state index contributed by atoms with van der Waals surface area (Å²) in [6.07, 6.45) is 7.05. The third kappa shape index (κ3) is 2.23. The van der Waals surface area contributed by atoms with Crippen LogP contribution in [0.2, 0.25) is 0 Å². The van der Waals surface area contributed by atoms with Gasteiger partial charge in [0.2, 0.25) is 0 Å². The number of nitrogens with one attached hydrogen (secondary N) is 1. The summed E-state index contributed by atoms with van der Waals surface area (Å²) in [4.78, 5) is 7.40. The van der Waals surface area contributed by atoms with Crippen molar-refractivity contribution in [2.75, 3.05) is 0 Å². The summed E-state index contributed by atoms with van der Waals surface area (Å²) in [5, 5.41) is 9.97. The molecule has 94 valence electrons. The third-order valence-electron chi connectivity index (χ3n) is 3.25. The van der Waals surface area contributed by atoms with E-state index in [4.69, 9.17) is 5.26 Å². The lowest BCUT2D eigenvalue weighted by Gasteiger charge is -2.00. The summed E-state index contributed by atoms with van der Waals surface area (Å²) in [6.45, 7) is 0.731. The lowest BCUT2D eigenvalue weighted by Crippen LogP contribution is -1.94. The van der Waals surface area contributed by atoms with Gasteiger partial charge in [-0.1, -0.05) is 18.2 Å². The maximum atomic E-state index is 8.74. The molecule has 3 rings (SSSR count). The second kappa shape index (κ2) is 4.99. The van der Waals surface area contributed by atoms with Crippen LogP contribution in [0.5, 0.6) is 0 Å². The molecule has 2 aromatic heterocycles. The topological polar surface area (TPSA) is 57.4 Å². The van der Waals surface area contributed by atoms with Crippen molar-refractivity contribution in [3.05, 3.63) is 54.2 Å². The number of hydrogen-bond acceptors (Lipinski definition) is 2. The van der Waals surface area contributed by atoms with Gasteiger partial charge in [0.1, 0.15) is 5.82 Å². The molecule has 0 saturated carbocycles. The molecule has 0 saturated heterocycles. The first kappa shape index (κ1) is 11.5. The number of nitriles is 1. The Morgan fingerprint density at radius 2 is 2.21 bits per heavy atom. The number of rotatable bonds is 4. The molecule has 0 bridgehead atoms. The van der Waals surface area contributed by atoms with Crippen LogP contribution in [0.25, 0.3) is 10.9 Å². The van der Waals surface area contributed by atoms with Crippen molar-refractivity contribution in [2.45, 2.75) is 19.4 Å². The molecule has 1 N–H and O–H groups in total. The standard InChI is InChI=1S/C15H14N4/c16-6-3-9-19-11-12(10-15-17-7-8-18-15)13-4-1-2-5-14(13)19/h1-2,4-5,7-8,11H,3,9-10H2,(H,17,18). The highest BCUT2D eigenvalue weighted by atomic mass is 15.0. The maximum Gasteiger partial charge on any atom is 0.110 e. The van der Waals surface area contributed by atoms with Crippen molar-refractivity contribution in [2.24, 2.45) is 0 Å². The highest BCUT2D eigenvalue weighted by molar-refractivity contribution is 5.84. The number of aromatic nitrogens is 3. The van der Waals surface area contributed by atoms with Crippen LogP contribution in [0.4, 0.5) is 0 Å². The molecule has 0 spiro atoms. The molecule has 0 aliphatic carbocycles. The Morgan fingerprint density at radius 1 is 1.32 bits per heavy atom. The van der Waals surface area contributed by atoms with Gasteiger partial charge in [-0.2, -0.15) is 5.26 Å². The molecule has 4 nitrogen and oxygen atoms in total. The third-order valence-corrected chi connectivity index (χ3v) is 3.25. The fourth-order valence-electron chi connectivity index (χ4n) is 2.39. The van der Waals surface area contributed by atoms with E-state index in [0.717, 1.165) is 18.8 Å². The predicted molar refractivity (Wildman–Crippen MR) is 73.6 cm³/mol. The zero-order chi connectivity index (χ0) is 13.1. The van der Waals surface area contributed by atoms with Gasteiger partial charge in [-0.05, 0) is 11.6 Å². The summed E-state index contributed by atoms with van der Waals surface area (Å²) in [5.41, 5.74) is 2.42. The highest BCUT2D eigenvalue weighted by Crippen LogP contribution is 2.23. The van der Waals surface area contributed by atoms with Gasteiger partial charge in [0.15, 0.2) is 0 Å². The second-order valence-corrected chi connectivity index (χ2v) is 4.49. The molecule has 3 aromatic rings. The zero-order valence-electron chi connectivity index (χ0n) is 10.5. The Balaban J connectivity index is 2.02. The number of fused-ring (bicyclic) bond motifs is 1. The highest BCUT2D eigenvalue weighted by Gasteiger charge is 2.09. The van der Waals surface area contributed by atoms with E-state index in [1.807, 2.05) is 18.3 Å². The molecule has 0 aliphatic heterocycles. The minimum atomic E-state index is 0.527. The maximum absolute atomic E-state index is 8.74. The van der Waals surface area contributed by atoms with E-state index in [1.165, 1.54) is 16.5 Å². The smallest absolute Gasteiger partial charge is 0.110 e. The van der Waals surface area contributed by atoms with E-state index in [0.29, 0.717) is 6.42 Å². The summed E-state index contributed by atoms with van der Waals surface area (Å²) in [5.74, 6) is 0.961. The van der Waals surface area contributed by atoms with Crippen LogP contribution in [-0.4, -0.2) is 14.5 Å². The monoisotopic (exact) mass is 250 g/mol. The molecule has 0 amide bonds. The summed E-state index contributed by atoms with van der Waals surface area (Å²) in [6, 6.07) is 10.5. The average Bonchev–Trinajstić information content (AvgIpc) is 3.06. The van der Waals surface area contributed by atoms with Gasteiger partial charge in [0.05, 0.1) is 12.5 Å². The molecule has 2 heterocycles. The number of aryl methyl sites for hydroxylation is 1. The van der Waals surface area contributed by atoms with Crippen LogP contribution in [0, 0.1) is 11.3 Å². The number of benzene rings is 1. The van der Waals surface area contributed by atoms with Crippen molar-refractivity contribution in [1.82, 2.24) is 14.5 Å². The molecule has 1 aromatic carbocycles. The normalized spacial score (nSPS) is 10.7. The second-order valence-electron chi connectivity index (χ2n) is 4.49. The van der Waals surface area contributed by atoms with E-state index >= 15 is 0 Å². The first-order valence-electron chi connectivity index (χ1n) is 6.30. The first-order chi connectivity index (χ1) is 9.38. The van der Waals surface area contributed by atoms with Crippen LogP contribution in [0.1, 0.15) is 17.8 Å². The largest absolute Gasteiger partial charge is 0.348 e. The average molecular weight is 250 g/mol. The van der Waals surface area contributed by atoms with Gasteiger partial charge in [-0.25, -0.2) is 4.98 Å². The molecule has 19 heavy (non-hydrogen) atoms. The first-order valence-corrected chi connectivity index (χ1v) is 6.30. The number of nitrogens with zero attached hydrogens (tertiary/aromatic N) is 3.